The van der Waals surface area contributed by atoms with Gasteiger partial charge in [-0.1, -0.05) is 0 Å². The van der Waals surface area contributed by atoms with Gasteiger partial charge in [0.05, 0.1) is 6.61 Å². The van der Waals surface area contributed by atoms with E-state index in [-0.39, 0.29) is 17.4 Å². The number of halogens is 1. The molecule has 1 fully saturated rings. The summed E-state index contributed by atoms with van der Waals surface area (Å²) in [6, 6.07) is 2.07. The first kappa shape index (κ1) is 13.9. The van der Waals surface area contributed by atoms with Gasteiger partial charge in [0.15, 0.2) is 0 Å². The Labute approximate surface area is 117 Å². The fourth-order valence-electron chi connectivity index (χ4n) is 2.05. The van der Waals surface area contributed by atoms with Crippen LogP contribution in [-0.2, 0) is 4.74 Å². The first-order valence-corrected chi connectivity index (χ1v) is 6.73. The first-order valence-electron chi connectivity index (χ1n) is 6.36. The van der Waals surface area contributed by atoms with Crippen molar-refractivity contribution in [3.05, 3.63) is 17.5 Å². The van der Waals surface area contributed by atoms with Gasteiger partial charge >= 0.3 is 6.09 Å². The molecular weight excluding hydrogens is 268 g/mol. The van der Waals surface area contributed by atoms with Crippen molar-refractivity contribution in [3.8, 4) is 0 Å². The molecule has 1 N–H and O–H groups in total. The Kier molecular flexibility index (Phi) is 4.79. The fourth-order valence-corrected chi connectivity index (χ4v) is 2.19. The molecule has 1 saturated heterocycles. The lowest BCUT2D eigenvalue weighted by Gasteiger charge is -2.31. The molecule has 0 atom stereocenters. The number of anilines is 1. The normalized spacial score (nSPS) is 16.2. The number of amides is 1. The van der Waals surface area contributed by atoms with Crippen LogP contribution in [0.5, 0.6) is 0 Å². The van der Waals surface area contributed by atoms with Gasteiger partial charge in [-0.3, -0.25) is 0 Å². The minimum Gasteiger partial charge on any atom is -0.450 e. The number of hydrogen-bond acceptors (Lipinski definition) is 5. The lowest BCUT2D eigenvalue weighted by atomic mass is 10.1. The van der Waals surface area contributed by atoms with Gasteiger partial charge in [0, 0.05) is 25.3 Å². The first-order chi connectivity index (χ1) is 9.19. The Balaban J connectivity index is 1.82. The summed E-state index contributed by atoms with van der Waals surface area (Å²) in [5.41, 5.74) is 0. The predicted octanol–water partition coefficient (Wildman–Crippen LogP) is 2.16. The highest BCUT2D eigenvalue weighted by atomic mass is 35.5. The lowest BCUT2D eigenvalue weighted by molar-refractivity contribution is 0.0983. The third kappa shape index (κ3) is 3.96. The van der Waals surface area contributed by atoms with Crippen LogP contribution in [0, 0.1) is 0 Å². The summed E-state index contributed by atoms with van der Waals surface area (Å²) in [6.45, 7) is 3.60. The number of rotatable bonds is 3. The average molecular weight is 285 g/mol. The number of aromatic nitrogens is 2. The SMILES string of the molecule is CCOC(=O)N1CCC(Nc2ccnc(Cl)n2)CC1. The Morgan fingerprint density at radius 1 is 1.58 bits per heavy atom. The monoisotopic (exact) mass is 284 g/mol. The third-order valence-electron chi connectivity index (χ3n) is 3.00. The van der Waals surface area contributed by atoms with E-state index in [9.17, 15) is 4.79 Å². The van der Waals surface area contributed by atoms with Crippen molar-refractivity contribution in [2.75, 3.05) is 25.0 Å². The van der Waals surface area contributed by atoms with E-state index in [1.165, 1.54) is 0 Å². The minimum absolute atomic E-state index is 0.231. The van der Waals surface area contributed by atoms with Crippen molar-refractivity contribution >= 4 is 23.5 Å². The van der Waals surface area contributed by atoms with Crippen molar-refractivity contribution in [2.45, 2.75) is 25.8 Å². The van der Waals surface area contributed by atoms with Crippen LogP contribution in [0.25, 0.3) is 0 Å². The fraction of sp³-hybridized carbons (Fsp3) is 0.583. The molecule has 0 aromatic carbocycles. The van der Waals surface area contributed by atoms with E-state index in [1.54, 1.807) is 17.2 Å². The summed E-state index contributed by atoms with van der Waals surface area (Å²) in [7, 11) is 0. The maximum atomic E-state index is 11.6. The van der Waals surface area contributed by atoms with E-state index in [2.05, 4.69) is 15.3 Å². The summed E-state index contributed by atoms with van der Waals surface area (Å²) in [4.78, 5) is 21.2. The van der Waals surface area contributed by atoms with Crippen molar-refractivity contribution in [2.24, 2.45) is 0 Å². The molecule has 0 unspecified atom stereocenters. The van der Waals surface area contributed by atoms with Gasteiger partial charge < -0.3 is 15.0 Å². The van der Waals surface area contributed by atoms with Gasteiger partial charge in [-0.15, -0.1) is 0 Å². The summed E-state index contributed by atoms with van der Waals surface area (Å²) in [6.07, 6.45) is 3.11. The molecule has 2 heterocycles. The van der Waals surface area contributed by atoms with Crippen molar-refractivity contribution in [1.82, 2.24) is 14.9 Å². The number of carbonyl (C=O) groups is 1. The third-order valence-corrected chi connectivity index (χ3v) is 3.18. The number of nitrogens with one attached hydrogen (secondary N) is 1. The van der Waals surface area contributed by atoms with Gasteiger partial charge in [-0.05, 0) is 37.4 Å². The van der Waals surface area contributed by atoms with Crippen molar-refractivity contribution in [3.63, 3.8) is 0 Å². The van der Waals surface area contributed by atoms with E-state index in [0.29, 0.717) is 19.7 Å². The molecular formula is C12H17ClN4O2. The number of likely N-dealkylation sites (tertiary alicyclic amines) is 1. The molecule has 0 spiro atoms. The second-order valence-corrected chi connectivity index (χ2v) is 4.65. The van der Waals surface area contributed by atoms with Crippen molar-refractivity contribution in [1.29, 1.82) is 0 Å². The second-order valence-electron chi connectivity index (χ2n) is 4.32. The molecule has 0 saturated carbocycles. The van der Waals surface area contributed by atoms with E-state index in [4.69, 9.17) is 16.3 Å². The summed E-state index contributed by atoms with van der Waals surface area (Å²) >= 11 is 5.73. The van der Waals surface area contributed by atoms with Crippen LogP contribution in [-0.4, -0.2) is 46.7 Å². The van der Waals surface area contributed by atoms with E-state index < -0.39 is 0 Å². The molecule has 6 nitrogen and oxygen atoms in total. The summed E-state index contributed by atoms with van der Waals surface area (Å²) in [5, 5.41) is 3.53. The number of ether oxygens (including phenoxy) is 1. The minimum atomic E-state index is -0.231. The largest absolute Gasteiger partial charge is 0.450 e. The van der Waals surface area contributed by atoms with Crippen molar-refractivity contribution < 1.29 is 9.53 Å². The molecule has 0 bridgehead atoms. The Morgan fingerprint density at radius 3 is 2.95 bits per heavy atom. The molecule has 0 aliphatic carbocycles. The van der Waals surface area contributed by atoms with E-state index >= 15 is 0 Å². The summed E-state index contributed by atoms with van der Waals surface area (Å²) < 4.78 is 4.98. The van der Waals surface area contributed by atoms with Crippen LogP contribution in [0.15, 0.2) is 12.3 Å². The summed E-state index contributed by atoms with van der Waals surface area (Å²) in [5.74, 6) is 0.717. The number of carbonyl (C=O) groups excluding carboxylic acids is 1. The van der Waals surface area contributed by atoms with Crippen LogP contribution in [0.3, 0.4) is 0 Å². The maximum Gasteiger partial charge on any atom is 0.409 e. The number of hydrogen-bond donors (Lipinski definition) is 1. The molecule has 7 heteroatoms. The van der Waals surface area contributed by atoms with E-state index in [0.717, 1.165) is 18.7 Å². The zero-order chi connectivity index (χ0) is 13.7. The van der Waals surface area contributed by atoms with Crippen LogP contribution in [0.2, 0.25) is 5.28 Å². The molecule has 2 rings (SSSR count). The lowest BCUT2D eigenvalue weighted by Crippen LogP contribution is -2.42. The number of piperidine rings is 1. The Hall–Kier alpha value is -1.56. The molecule has 1 aromatic rings. The zero-order valence-corrected chi connectivity index (χ0v) is 11.6. The van der Waals surface area contributed by atoms with Gasteiger partial charge in [-0.25, -0.2) is 14.8 Å². The van der Waals surface area contributed by atoms with Crippen LogP contribution >= 0.6 is 11.6 Å². The van der Waals surface area contributed by atoms with Crippen LogP contribution < -0.4 is 5.32 Å². The smallest absolute Gasteiger partial charge is 0.409 e. The van der Waals surface area contributed by atoms with Crippen LogP contribution in [0.1, 0.15) is 19.8 Å². The predicted molar refractivity (Wildman–Crippen MR) is 72.3 cm³/mol. The molecule has 1 aromatic heterocycles. The molecule has 104 valence electrons. The molecule has 1 aliphatic rings. The molecule has 19 heavy (non-hydrogen) atoms. The van der Waals surface area contributed by atoms with E-state index in [1.807, 2.05) is 6.92 Å². The second kappa shape index (κ2) is 6.56. The van der Waals surface area contributed by atoms with Gasteiger partial charge in [0.2, 0.25) is 5.28 Å². The molecule has 1 aliphatic heterocycles. The Bertz CT molecular complexity index is 435. The zero-order valence-electron chi connectivity index (χ0n) is 10.8. The van der Waals surface area contributed by atoms with Gasteiger partial charge in [-0.2, -0.15) is 0 Å². The van der Waals surface area contributed by atoms with Crippen LogP contribution in [0.4, 0.5) is 10.6 Å². The highest BCUT2D eigenvalue weighted by molar-refractivity contribution is 6.28. The highest BCUT2D eigenvalue weighted by Gasteiger charge is 2.23. The standard InChI is InChI=1S/C12H17ClN4O2/c1-2-19-12(18)17-7-4-9(5-8-17)15-10-3-6-14-11(13)16-10/h3,6,9H,2,4-5,7-8H2,1H3,(H,14,15,16). The highest BCUT2D eigenvalue weighted by Crippen LogP contribution is 2.16. The average Bonchev–Trinajstić information content (AvgIpc) is 2.40. The topological polar surface area (TPSA) is 67.3 Å². The van der Waals surface area contributed by atoms with Gasteiger partial charge in [0.25, 0.3) is 0 Å². The van der Waals surface area contributed by atoms with Gasteiger partial charge in [0.1, 0.15) is 5.82 Å². The maximum absolute atomic E-state index is 11.6. The Morgan fingerprint density at radius 2 is 2.32 bits per heavy atom. The molecule has 1 amide bonds. The number of nitrogens with zero attached hydrogens (tertiary/aromatic N) is 3. The molecule has 0 radical (unpaired) electrons. The quantitative estimate of drug-likeness (QED) is 0.862.